The molecule has 0 radical (unpaired) electrons. The first-order valence-electron chi connectivity index (χ1n) is 5.69. The average Bonchev–Trinajstić information content (AvgIpc) is 2.74. The van der Waals surface area contributed by atoms with Crippen molar-refractivity contribution in [1.29, 1.82) is 0 Å². The normalized spacial score (nSPS) is 26.9. The molecule has 1 aromatic heterocycles. The molecule has 0 bridgehead atoms. The van der Waals surface area contributed by atoms with Crippen LogP contribution in [-0.4, -0.2) is 10.8 Å². The predicted molar refractivity (Wildman–Crippen MR) is 61.9 cm³/mol. The molecule has 2 unspecified atom stereocenters. The lowest BCUT2D eigenvalue weighted by molar-refractivity contribution is -0.125. The maximum absolute atomic E-state index is 11.8. The van der Waals surface area contributed by atoms with Crippen molar-refractivity contribution < 1.29 is 4.79 Å². The van der Waals surface area contributed by atoms with E-state index in [9.17, 15) is 4.79 Å². The Morgan fingerprint density at radius 2 is 2.47 bits per heavy atom. The van der Waals surface area contributed by atoms with Gasteiger partial charge in [0.25, 0.3) is 0 Å². The zero-order valence-corrected chi connectivity index (χ0v) is 9.93. The van der Waals surface area contributed by atoms with Gasteiger partial charge in [-0.2, -0.15) is 0 Å². The van der Waals surface area contributed by atoms with E-state index in [0.29, 0.717) is 5.78 Å². The van der Waals surface area contributed by atoms with Gasteiger partial charge in [-0.3, -0.25) is 4.79 Å². The molecule has 2 nitrogen and oxygen atoms in total. The van der Waals surface area contributed by atoms with Gasteiger partial charge >= 0.3 is 0 Å². The number of hydrogen-bond donors (Lipinski definition) is 0. The highest BCUT2D eigenvalue weighted by Crippen LogP contribution is 2.30. The number of carbonyl (C=O) groups is 1. The van der Waals surface area contributed by atoms with Gasteiger partial charge in [0, 0.05) is 24.1 Å². The van der Waals surface area contributed by atoms with Crippen LogP contribution in [-0.2, 0) is 11.2 Å². The summed E-state index contributed by atoms with van der Waals surface area (Å²) in [5.41, 5.74) is 2.94. The lowest BCUT2D eigenvalue weighted by Gasteiger charge is -2.26. The number of aromatic nitrogens is 1. The van der Waals surface area contributed by atoms with Crippen LogP contribution < -0.4 is 0 Å². The van der Waals surface area contributed by atoms with Crippen LogP contribution in [0, 0.1) is 11.8 Å². The third-order valence-corrected chi connectivity index (χ3v) is 4.02. The molecule has 0 aromatic carbocycles. The number of carbonyl (C=O) groups excluding carboxylic acids is 1. The average molecular weight is 223 g/mol. The minimum absolute atomic E-state index is 0.241. The summed E-state index contributed by atoms with van der Waals surface area (Å²) in [5, 5.41) is 2.06. The monoisotopic (exact) mass is 223 g/mol. The molecule has 15 heavy (non-hydrogen) atoms. The molecule has 0 N–H and O–H groups in total. The van der Waals surface area contributed by atoms with Crippen LogP contribution in [0.15, 0.2) is 10.9 Å². The third kappa shape index (κ3) is 2.65. The maximum Gasteiger partial charge on any atom is 0.136 e. The maximum atomic E-state index is 11.8. The van der Waals surface area contributed by atoms with Gasteiger partial charge in [0.1, 0.15) is 5.78 Å². The second-order valence-corrected chi connectivity index (χ2v) is 5.11. The number of rotatable bonds is 3. The van der Waals surface area contributed by atoms with E-state index in [1.165, 1.54) is 6.42 Å². The highest BCUT2D eigenvalue weighted by Gasteiger charge is 2.28. The number of nitrogens with zero attached hydrogens (tertiary/aromatic N) is 1. The lowest BCUT2D eigenvalue weighted by Crippen LogP contribution is -2.26. The van der Waals surface area contributed by atoms with Crippen molar-refractivity contribution in [3.63, 3.8) is 0 Å². The van der Waals surface area contributed by atoms with Crippen LogP contribution in [0.25, 0.3) is 0 Å². The minimum Gasteiger partial charge on any atom is -0.299 e. The molecule has 0 amide bonds. The molecule has 3 heteroatoms. The summed E-state index contributed by atoms with van der Waals surface area (Å²) in [6, 6.07) is 0. The Morgan fingerprint density at radius 3 is 3.13 bits per heavy atom. The van der Waals surface area contributed by atoms with E-state index in [4.69, 9.17) is 0 Å². The van der Waals surface area contributed by atoms with Gasteiger partial charge in [0.05, 0.1) is 11.2 Å². The quantitative estimate of drug-likeness (QED) is 0.788. The van der Waals surface area contributed by atoms with Gasteiger partial charge in [-0.15, -0.1) is 11.3 Å². The van der Waals surface area contributed by atoms with E-state index >= 15 is 0 Å². The summed E-state index contributed by atoms with van der Waals surface area (Å²) in [6.07, 6.45) is 5.03. The van der Waals surface area contributed by atoms with E-state index in [1.54, 1.807) is 11.3 Å². The summed E-state index contributed by atoms with van der Waals surface area (Å²) < 4.78 is 0. The first kappa shape index (κ1) is 10.8. The molecule has 0 aliphatic heterocycles. The Hall–Kier alpha value is -0.700. The van der Waals surface area contributed by atoms with Crippen molar-refractivity contribution in [2.45, 2.75) is 39.0 Å². The van der Waals surface area contributed by atoms with Crippen molar-refractivity contribution >= 4 is 17.1 Å². The zero-order chi connectivity index (χ0) is 10.7. The largest absolute Gasteiger partial charge is 0.299 e. The van der Waals surface area contributed by atoms with Crippen LogP contribution in [0.5, 0.6) is 0 Å². The molecular formula is C12H17NOS. The van der Waals surface area contributed by atoms with Crippen LogP contribution in [0.4, 0.5) is 0 Å². The van der Waals surface area contributed by atoms with Crippen molar-refractivity contribution in [1.82, 2.24) is 4.98 Å². The Morgan fingerprint density at radius 1 is 1.60 bits per heavy atom. The Balaban J connectivity index is 1.97. The van der Waals surface area contributed by atoms with Gasteiger partial charge in [-0.05, 0) is 18.8 Å². The third-order valence-electron chi connectivity index (χ3n) is 3.39. The smallest absolute Gasteiger partial charge is 0.136 e. The molecule has 0 spiro atoms. The summed E-state index contributed by atoms with van der Waals surface area (Å²) in [4.78, 5) is 16.0. The van der Waals surface area contributed by atoms with Crippen molar-refractivity contribution in [3.05, 3.63) is 16.6 Å². The van der Waals surface area contributed by atoms with Crippen LogP contribution in [0.2, 0.25) is 0 Å². The van der Waals surface area contributed by atoms with Gasteiger partial charge in [0.2, 0.25) is 0 Å². The van der Waals surface area contributed by atoms with E-state index in [-0.39, 0.29) is 5.92 Å². The molecule has 82 valence electrons. The van der Waals surface area contributed by atoms with Gasteiger partial charge in [0.15, 0.2) is 0 Å². The molecule has 0 saturated heterocycles. The highest BCUT2D eigenvalue weighted by atomic mass is 32.1. The predicted octanol–water partition coefficient (Wildman–Crippen LogP) is 3.08. The zero-order valence-electron chi connectivity index (χ0n) is 9.11. The summed E-state index contributed by atoms with van der Waals surface area (Å²) in [7, 11) is 0. The minimum atomic E-state index is 0.241. The molecule has 1 aliphatic rings. The van der Waals surface area contributed by atoms with E-state index in [1.807, 2.05) is 5.51 Å². The first-order chi connectivity index (χ1) is 7.29. The van der Waals surface area contributed by atoms with E-state index in [2.05, 4.69) is 17.3 Å². The second kappa shape index (κ2) is 4.88. The lowest BCUT2D eigenvalue weighted by atomic mass is 9.77. The number of hydrogen-bond acceptors (Lipinski definition) is 3. The van der Waals surface area contributed by atoms with Gasteiger partial charge < -0.3 is 0 Å². The summed E-state index contributed by atoms with van der Waals surface area (Å²) in [5.74, 6) is 1.45. The SMILES string of the molecule is CCC1CCC(=O)C(Cc2cscn2)C1. The van der Waals surface area contributed by atoms with Crippen LogP contribution in [0.3, 0.4) is 0 Å². The first-order valence-corrected chi connectivity index (χ1v) is 6.63. The molecule has 1 fully saturated rings. The fourth-order valence-corrected chi connectivity index (χ4v) is 2.93. The Bertz CT molecular complexity index is 320. The molecule has 1 heterocycles. The molecule has 1 aliphatic carbocycles. The van der Waals surface area contributed by atoms with Crippen LogP contribution >= 0.6 is 11.3 Å². The number of Topliss-reactive ketones (excluding diaryl/α,β-unsaturated/α-hetero) is 1. The number of thiazole rings is 1. The summed E-state index contributed by atoms with van der Waals surface area (Å²) in [6.45, 7) is 2.22. The van der Waals surface area contributed by atoms with E-state index < -0.39 is 0 Å². The molecule has 2 rings (SSSR count). The van der Waals surface area contributed by atoms with Crippen molar-refractivity contribution in [2.24, 2.45) is 11.8 Å². The van der Waals surface area contributed by atoms with Crippen molar-refractivity contribution in [3.8, 4) is 0 Å². The van der Waals surface area contributed by atoms with Crippen molar-refractivity contribution in [2.75, 3.05) is 0 Å². The second-order valence-electron chi connectivity index (χ2n) is 4.40. The summed E-state index contributed by atoms with van der Waals surface area (Å²) >= 11 is 1.61. The Labute approximate surface area is 94.7 Å². The Kier molecular flexibility index (Phi) is 3.52. The van der Waals surface area contributed by atoms with Gasteiger partial charge in [-0.25, -0.2) is 4.98 Å². The molecule has 1 aromatic rings. The molecule has 2 atom stereocenters. The van der Waals surface area contributed by atoms with Crippen LogP contribution in [0.1, 0.15) is 38.3 Å². The standard InChI is InChI=1S/C12H17NOS/c1-2-9-3-4-12(14)10(5-9)6-11-7-15-8-13-11/h7-10H,2-6H2,1H3. The molecular weight excluding hydrogens is 206 g/mol. The highest BCUT2D eigenvalue weighted by molar-refractivity contribution is 7.07. The topological polar surface area (TPSA) is 30.0 Å². The fraction of sp³-hybridized carbons (Fsp3) is 0.667. The number of ketones is 1. The van der Waals surface area contributed by atoms with E-state index in [0.717, 1.165) is 37.3 Å². The fourth-order valence-electron chi connectivity index (χ4n) is 2.36. The molecule has 1 saturated carbocycles. The van der Waals surface area contributed by atoms with Gasteiger partial charge in [-0.1, -0.05) is 13.3 Å².